The fourth-order valence-electron chi connectivity index (χ4n) is 1.84. The summed E-state index contributed by atoms with van der Waals surface area (Å²) in [5.41, 5.74) is 3.35. The molecule has 0 spiro atoms. The van der Waals surface area contributed by atoms with Crippen molar-refractivity contribution in [2.24, 2.45) is 7.05 Å². The Hall–Kier alpha value is -1.29. The van der Waals surface area contributed by atoms with Crippen LogP contribution in [0.15, 0.2) is 29.1 Å². The second-order valence-electron chi connectivity index (χ2n) is 3.91. The molecule has 1 heterocycles. The first kappa shape index (κ1) is 12.2. The molecule has 0 unspecified atom stereocenters. The first-order valence-corrected chi connectivity index (χ1v) is 6.33. The third kappa shape index (κ3) is 2.36. The number of rotatable bonds is 3. The number of aryl methyl sites for hydroxylation is 2. The molecule has 1 aromatic heterocycles. The standard InChI is InChI=1S/C13H15BrN2O/c1-4-17-11-6-5-10(7-9(11)2)12-13(14)15-8-16(12)3/h5-8H,4H2,1-3H3. The number of ether oxygens (including phenoxy) is 1. The van der Waals surface area contributed by atoms with E-state index < -0.39 is 0 Å². The Morgan fingerprint density at radius 3 is 2.71 bits per heavy atom. The highest BCUT2D eigenvalue weighted by Gasteiger charge is 2.10. The highest BCUT2D eigenvalue weighted by Crippen LogP contribution is 2.30. The van der Waals surface area contributed by atoms with Crippen molar-refractivity contribution in [3.8, 4) is 17.0 Å². The highest BCUT2D eigenvalue weighted by molar-refractivity contribution is 9.10. The molecule has 0 atom stereocenters. The molecule has 2 aromatic rings. The Kier molecular flexibility index (Phi) is 3.52. The SMILES string of the molecule is CCOc1ccc(-c2c(Br)ncn2C)cc1C. The number of halogens is 1. The summed E-state index contributed by atoms with van der Waals surface area (Å²) in [6, 6.07) is 6.18. The maximum Gasteiger partial charge on any atom is 0.132 e. The topological polar surface area (TPSA) is 27.1 Å². The normalized spacial score (nSPS) is 10.6. The Morgan fingerprint density at radius 1 is 1.41 bits per heavy atom. The summed E-state index contributed by atoms with van der Waals surface area (Å²) in [7, 11) is 1.99. The number of hydrogen-bond acceptors (Lipinski definition) is 2. The summed E-state index contributed by atoms with van der Waals surface area (Å²) in [4.78, 5) is 4.23. The summed E-state index contributed by atoms with van der Waals surface area (Å²) in [5, 5.41) is 0. The van der Waals surface area contributed by atoms with Crippen molar-refractivity contribution in [3.05, 3.63) is 34.7 Å². The third-order valence-corrected chi connectivity index (χ3v) is 3.22. The minimum atomic E-state index is 0.690. The molecule has 0 aliphatic heterocycles. The van der Waals surface area contributed by atoms with E-state index in [1.54, 1.807) is 6.33 Å². The van der Waals surface area contributed by atoms with Gasteiger partial charge in [0.05, 0.1) is 18.6 Å². The summed E-state index contributed by atoms with van der Waals surface area (Å²) in [5.74, 6) is 0.939. The van der Waals surface area contributed by atoms with Gasteiger partial charge in [-0.3, -0.25) is 0 Å². The zero-order valence-corrected chi connectivity index (χ0v) is 11.8. The van der Waals surface area contributed by atoms with E-state index in [0.29, 0.717) is 6.61 Å². The second kappa shape index (κ2) is 4.92. The molecule has 2 rings (SSSR count). The molecule has 0 saturated heterocycles. The Labute approximate surface area is 110 Å². The lowest BCUT2D eigenvalue weighted by Gasteiger charge is -2.09. The van der Waals surface area contributed by atoms with E-state index in [1.807, 2.05) is 24.6 Å². The lowest BCUT2D eigenvalue weighted by atomic mass is 10.1. The summed E-state index contributed by atoms with van der Waals surface area (Å²) >= 11 is 3.46. The predicted octanol–water partition coefficient (Wildman–Crippen LogP) is 3.56. The van der Waals surface area contributed by atoms with Gasteiger partial charge in [-0.2, -0.15) is 0 Å². The fraction of sp³-hybridized carbons (Fsp3) is 0.308. The van der Waals surface area contributed by atoms with Crippen molar-refractivity contribution in [1.29, 1.82) is 0 Å². The Balaban J connectivity index is 2.45. The molecule has 0 N–H and O–H groups in total. The summed E-state index contributed by atoms with van der Waals surface area (Å²) < 4.78 is 8.40. The van der Waals surface area contributed by atoms with E-state index in [0.717, 1.165) is 27.2 Å². The van der Waals surface area contributed by atoms with Crippen molar-refractivity contribution >= 4 is 15.9 Å². The number of imidazole rings is 1. The van der Waals surface area contributed by atoms with Crippen molar-refractivity contribution in [3.63, 3.8) is 0 Å². The van der Waals surface area contributed by atoms with Crippen LogP contribution in [0.2, 0.25) is 0 Å². The van der Waals surface area contributed by atoms with Crippen LogP contribution in [0.5, 0.6) is 5.75 Å². The van der Waals surface area contributed by atoms with Crippen molar-refractivity contribution < 1.29 is 4.74 Å². The minimum absolute atomic E-state index is 0.690. The number of benzene rings is 1. The van der Waals surface area contributed by atoms with Gasteiger partial charge < -0.3 is 9.30 Å². The van der Waals surface area contributed by atoms with Gasteiger partial charge in [-0.25, -0.2) is 4.98 Å². The van der Waals surface area contributed by atoms with Gasteiger partial charge in [0.2, 0.25) is 0 Å². The molecule has 17 heavy (non-hydrogen) atoms. The zero-order valence-electron chi connectivity index (χ0n) is 10.2. The van der Waals surface area contributed by atoms with E-state index >= 15 is 0 Å². The first-order valence-electron chi connectivity index (χ1n) is 5.54. The predicted molar refractivity (Wildman–Crippen MR) is 72.3 cm³/mol. The molecule has 0 amide bonds. The average molecular weight is 295 g/mol. The van der Waals surface area contributed by atoms with Crippen molar-refractivity contribution in [2.45, 2.75) is 13.8 Å². The quantitative estimate of drug-likeness (QED) is 0.865. The molecule has 0 aliphatic carbocycles. The van der Waals surface area contributed by atoms with E-state index in [1.165, 1.54) is 0 Å². The summed E-state index contributed by atoms with van der Waals surface area (Å²) in [6.07, 6.45) is 1.80. The van der Waals surface area contributed by atoms with Crippen LogP contribution in [0, 0.1) is 6.92 Å². The van der Waals surface area contributed by atoms with Gasteiger partial charge in [-0.15, -0.1) is 0 Å². The second-order valence-corrected chi connectivity index (χ2v) is 4.66. The largest absolute Gasteiger partial charge is 0.494 e. The van der Waals surface area contributed by atoms with Gasteiger partial charge in [0.25, 0.3) is 0 Å². The molecule has 0 saturated carbocycles. The number of hydrogen-bond donors (Lipinski definition) is 0. The maximum absolute atomic E-state index is 5.54. The van der Waals surface area contributed by atoms with Gasteiger partial charge in [-0.05, 0) is 53.5 Å². The first-order chi connectivity index (χ1) is 8.13. The monoisotopic (exact) mass is 294 g/mol. The van der Waals surface area contributed by atoms with E-state index in [-0.39, 0.29) is 0 Å². The fourth-order valence-corrected chi connectivity index (χ4v) is 2.44. The van der Waals surface area contributed by atoms with E-state index in [2.05, 4.69) is 40.0 Å². The van der Waals surface area contributed by atoms with Crippen molar-refractivity contribution in [2.75, 3.05) is 6.61 Å². The molecule has 0 bridgehead atoms. The Bertz CT molecular complexity index is 515. The molecule has 3 nitrogen and oxygen atoms in total. The minimum Gasteiger partial charge on any atom is -0.494 e. The number of nitrogens with zero attached hydrogens (tertiary/aromatic N) is 2. The average Bonchev–Trinajstić information content (AvgIpc) is 2.62. The Morgan fingerprint density at radius 2 is 2.18 bits per heavy atom. The third-order valence-electron chi connectivity index (χ3n) is 2.64. The van der Waals surface area contributed by atoms with Crippen LogP contribution in [-0.2, 0) is 7.05 Å². The van der Waals surface area contributed by atoms with Crippen LogP contribution >= 0.6 is 15.9 Å². The lowest BCUT2D eigenvalue weighted by Crippen LogP contribution is -1.95. The molecular weight excluding hydrogens is 280 g/mol. The molecule has 4 heteroatoms. The molecule has 1 aromatic carbocycles. The van der Waals surface area contributed by atoms with Crippen molar-refractivity contribution in [1.82, 2.24) is 9.55 Å². The van der Waals surface area contributed by atoms with E-state index in [4.69, 9.17) is 4.74 Å². The maximum atomic E-state index is 5.54. The van der Waals surface area contributed by atoms with Crippen LogP contribution in [0.1, 0.15) is 12.5 Å². The van der Waals surface area contributed by atoms with Crippen LogP contribution in [-0.4, -0.2) is 16.2 Å². The van der Waals surface area contributed by atoms with Gasteiger partial charge in [0.15, 0.2) is 0 Å². The number of aromatic nitrogens is 2. The lowest BCUT2D eigenvalue weighted by molar-refractivity contribution is 0.338. The molecule has 0 fully saturated rings. The molecular formula is C13H15BrN2O. The van der Waals surface area contributed by atoms with Crippen LogP contribution in [0.25, 0.3) is 11.3 Å². The van der Waals surface area contributed by atoms with Crippen LogP contribution < -0.4 is 4.74 Å². The van der Waals surface area contributed by atoms with Gasteiger partial charge >= 0.3 is 0 Å². The zero-order chi connectivity index (χ0) is 12.4. The van der Waals surface area contributed by atoms with Crippen LogP contribution in [0.3, 0.4) is 0 Å². The molecule has 0 aliphatic rings. The highest BCUT2D eigenvalue weighted by atomic mass is 79.9. The summed E-state index contributed by atoms with van der Waals surface area (Å²) in [6.45, 7) is 4.74. The molecule has 0 radical (unpaired) electrons. The van der Waals surface area contributed by atoms with Gasteiger partial charge in [0.1, 0.15) is 10.4 Å². The smallest absolute Gasteiger partial charge is 0.132 e. The van der Waals surface area contributed by atoms with Gasteiger partial charge in [0, 0.05) is 12.6 Å². The van der Waals surface area contributed by atoms with Crippen LogP contribution in [0.4, 0.5) is 0 Å². The van der Waals surface area contributed by atoms with Gasteiger partial charge in [-0.1, -0.05) is 0 Å². The molecule has 90 valence electrons. The van der Waals surface area contributed by atoms with E-state index in [9.17, 15) is 0 Å².